The molecule has 0 unspecified atom stereocenters. The summed E-state index contributed by atoms with van der Waals surface area (Å²) in [6.45, 7) is 1.69. The zero-order valence-electron chi connectivity index (χ0n) is 11.3. The molecule has 2 atom stereocenters. The minimum atomic E-state index is -4.50. The summed E-state index contributed by atoms with van der Waals surface area (Å²) in [5.74, 6) is -4.64. The van der Waals surface area contributed by atoms with E-state index in [4.69, 9.17) is 16.7 Å². The molecular weight excluding hydrogens is 307 g/mol. The first kappa shape index (κ1) is 16.1. The fourth-order valence-corrected chi connectivity index (χ4v) is 2.79. The van der Waals surface area contributed by atoms with Crippen LogP contribution in [0.25, 0.3) is 0 Å². The van der Waals surface area contributed by atoms with Gasteiger partial charge in [0.25, 0.3) is 0 Å². The largest absolute Gasteiger partial charge is 0.481 e. The Balaban J connectivity index is 2.12. The number of aliphatic carboxylic acids is 1. The number of hydrogen-bond acceptors (Lipinski definition) is 2. The summed E-state index contributed by atoms with van der Waals surface area (Å²) in [5, 5.41) is 9.51. The van der Waals surface area contributed by atoms with Crippen LogP contribution in [0.5, 0.6) is 0 Å². The normalized spacial score (nSPS) is 23.5. The topological polar surface area (TPSA) is 40.5 Å². The first-order valence-electron chi connectivity index (χ1n) is 6.45. The van der Waals surface area contributed by atoms with Gasteiger partial charge in [-0.25, -0.2) is 0 Å². The van der Waals surface area contributed by atoms with Gasteiger partial charge in [-0.1, -0.05) is 23.7 Å². The molecule has 116 valence electrons. The minimum Gasteiger partial charge on any atom is -0.481 e. The Hall–Kier alpha value is -1.27. The minimum absolute atomic E-state index is 0.106. The third kappa shape index (κ3) is 3.68. The smallest absolute Gasteiger partial charge is 0.393 e. The lowest BCUT2D eigenvalue weighted by atomic mass is 9.96. The summed E-state index contributed by atoms with van der Waals surface area (Å²) < 4.78 is 38.7. The van der Waals surface area contributed by atoms with E-state index in [0.29, 0.717) is 5.02 Å². The van der Waals surface area contributed by atoms with Gasteiger partial charge in [0, 0.05) is 24.7 Å². The number of nitrogens with zero attached hydrogens (tertiary/aromatic N) is 1. The second kappa shape index (κ2) is 5.85. The highest BCUT2D eigenvalue weighted by Gasteiger charge is 2.52. The molecule has 0 spiro atoms. The van der Waals surface area contributed by atoms with Crippen molar-refractivity contribution in [2.75, 3.05) is 13.1 Å². The quantitative estimate of drug-likeness (QED) is 0.928. The molecule has 0 aromatic heterocycles. The van der Waals surface area contributed by atoms with Crippen molar-refractivity contribution >= 4 is 17.6 Å². The van der Waals surface area contributed by atoms with Gasteiger partial charge in [0.1, 0.15) is 0 Å². The number of aryl methyl sites for hydroxylation is 1. The van der Waals surface area contributed by atoms with E-state index in [0.717, 1.165) is 11.1 Å². The zero-order chi connectivity index (χ0) is 15.8. The van der Waals surface area contributed by atoms with E-state index >= 15 is 0 Å². The number of carboxylic acids is 1. The Kier molecular flexibility index (Phi) is 4.49. The molecule has 2 rings (SSSR count). The number of carbonyl (C=O) groups is 1. The highest BCUT2D eigenvalue weighted by Crippen LogP contribution is 2.38. The van der Waals surface area contributed by atoms with Gasteiger partial charge in [0.2, 0.25) is 0 Å². The predicted molar refractivity (Wildman–Crippen MR) is 72.1 cm³/mol. The van der Waals surface area contributed by atoms with Crippen molar-refractivity contribution < 1.29 is 23.1 Å². The number of rotatable bonds is 3. The predicted octanol–water partition coefficient (Wildman–Crippen LogP) is 3.34. The third-order valence-electron chi connectivity index (χ3n) is 3.78. The van der Waals surface area contributed by atoms with Gasteiger partial charge < -0.3 is 5.11 Å². The molecule has 1 aliphatic rings. The third-order valence-corrected chi connectivity index (χ3v) is 4.18. The Morgan fingerprint density at radius 3 is 2.57 bits per heavy atom. The maximum Gasteiger partial charge on any atom is 0.393 e. The van der Waals surface area contributed by atoms with Gasteiger partial charge in [0.05, 0.1) is 11.8 Å². The molecule has 21 heavy (non-hydrogen) atoms. The molecule has 1 heterocycles. The highest BCUT2D eigenvalue weighted by molar-refractivity contribution is 6.31. The second-order valence-corrected chi connectivity index (χ2v) is 5.78. The van der Waals surface area contributed by atoms with E-state index in [1.54, 1.807) is 18.2 Å². The van der Waals surface area contributed by atoms with Crippen molar-refractivity contribution in [1.29, 1.82) is 0 Å². The second-order valence-electron chi connectivity index (χ2n) is 5.37. The van der Waals surface area contributed by atoms with E-state index in [1.165, 1.54) is 4.90 Å². The van der Waals surface area contributed by atoms with Gasteiger partial charge in [-0.15, -0.1) is 0 Å². The number of halogens is 4. The Morgan fingerprint density at radius 1 is 1.43 bits per heavy atom. The molecule has 0 radical (unpaired) electrons. The molecule has 3 nitrogen and oxygen atoms in total. The molecule has 0 aliphatic carbocycles. The average Bonchev–Trinajstić information content (AvgIpc) is 2.78. The van der Waals surface area contributed by atoms with Crippen LogP contribution in [0.2, 0.25) is 5.02 Å². The summed E-state index contributed by atoms with van der Waals surface area (Å²) in [7, 11) is 0. The maximum absolute atomic E-state index is 12.9. The van der Waals surface area contributed by atoms with Crippen LogP contribution in [0.1, 0.15) is 11.1 Å². The van der Waals surface area contributed by atoms with Gasteiger partial charge in [-0.3, -0.25) is 9.69 Å². The molecule has 7 heteroatoms. The number of hydrogen-bond donors (Lipinski definition) is 1. The Morgan fingerprint density at radius 2 is 2.10 bits per heavy atom. The summed E-state index contributed by atoms with van der Waals surface area (Å²) in [6.07, 6.45) is -4.50. The van der Waals surface area contributed by atoms with Crippen molar-refractivity contribution in [3.63, 3.8) is 0 Å². The Labute approximate surface area is 125 Å². The summed E-state index contributed by atoms with van der Waals surface area (Å²) >= 11 is 5.99. The van der Waals surface area contributed by atoms with E-state index in [2.05, 4.69) is 0 Å². The molecule has 0 saturated carbocycles. The van der Waals surface area contributed by atoms with Crippen LogP contribution < -0.4 is 0 Å². The number of carboxylic acid groups (broad SMARTS) is 1. The van der Waals surface area contributed by atoms with E-state index in [1.807, 2.05) is 6.92 Å². The van der Waals surface area contributed by atoms with E-state index in [-0.39, 0.29) is 19.6 Å². The number of alkyl halides is 3. The molecule has 1 aromatic rings. The van der Waals surface area contributed by atoms with Gasteiger partial charge in [0.15, 0.2) is 0 Å². The van der Waals surface area contributed by atoms with Crippen molar-refractivity contribution in [3.05, 3.63) is 34.3 Å². The number of likely N-dealkylation sites (tertiary alicyclic amines) is 1. The van der Waals surface area contributed by atoms with Gasteiger partial charge in [-0.05, 0) is 24.1 Å². The lowest BCUT2D eigenvalue weighted by Crippen LogP contribution is -2.33. The molecule has 1 saturated heterocycles. The molecule has 1 N–H and O–H groups in total. The van der Waals surface area contributed by atoms with Crippen LogP contribution in [0.4, 0.5) is 13.2 Å². The SMILES string of the molecule is Cc1ccc(CN2C[C@@H](C(F)(F)F)[C@H](C(=O)O)C2)cc1Cl. The van der Waals surface area contributed by atoms with Crippen LogP contribution in [0, 0.1) is 18.8 Å². The average molecular weight is 322 g/mol. The first-order valence-corrected chi connectivity index (χ1v) is 6.83. The first-order chi connectivity index (χ1) is 9.68. The highest BCUT2D eigenvalue weighted by atomic mass is 35.5. The van der Waals surface area contributed by atoms with Crippen molar-refractivity contribution in [3.8, 4) is 0 Å². The van der Waals surface area contributed by atoms with E-state index in [9.17, 15) is 18.0 Å². The molecule has 1 fully saturated rings. The standard InChI is InChI=1S/C14H15ClF3NO2/c1-8-2-3-9(4-12(8)15)5-19-6-10(13(20)21)11(7-19)14(16,17)18/h2-4,10-11H,5-7H2,1H3,(H,20,21)/t10-,11-/m1/s1. The lowest BCUT2D eigenvalue weighted by Gasteiger charge is -2.18. The molecule has 0 bridgehead atoms. The summed E-state index contributed by atoms with van der Waals surface area (Å²) in [6, 6.07) is 5.29. The number of benzene rings is 1. The van der Waals surface area contributed by atoms with Gasteiger partial charge in [-0.2, -0.15) is 13.2 Å². The van der Waals surface area contributed by atoms with Crippen molar-refractivity contribution in [2.45, 2.75) is 19.6 Å². The van der Waals surface area contributed by atoms with Crippen LogP contribution in [0.15, 0.2) is 18.2 Å². The van der Waals surface area contributed by atoms with Crippen LogP contribution >= 0.6 is 11.6 Å². The fraction of sp³-hybridized carbons (Fsp3) is 0.500. The summed E-state index contributed by atoms with van der Waals surface area (Å²) in [4.78, 5) is 12.5. The van der Waals surface area contributed by atoms with Gasteiger partial charge >= 0.3 is 12.1 Å². The Bertz CT molecular complexity index is 548. The monoisotopic (exact) mass is 321 g/mol. The van der Waals surface area contributed by atoms with Crippen molar-refractivity contribution in [1.82, 2.24) is 4.90 Å². The summed E-state index contributed by atoms with van der Waals surface area (Å²) in [5.41, 5.74) is 1.66. The maximum atomic E-state index is 12.9. The van der Waals surface area contributed by atoms with Crippen molar-refractivity contribution in [2.24, 2.45) is 11.8 Å². The molecular formula is C14H15ClF3NO2. The fourth-order valence-electron chi connectivity index (χ4n) is 2.59. The van der Waals surface area contributed by atoms with Crippen LogP contribution in [-0.2, 0) is 11.3 Å². The zero-order valence-corrected chi connectivity index (χ0v) is 12.1. The molecule has 0 amide bonds. The molecule has 1 aliphatic heterocycles. The van der Waals surface area contributed by atoms with Crippen LogP contribution in [-0.4, -0.2) is 35.2 Å². The lowest BCUT2D eigenvalue weighted by molar-refractivity contribution is -0.188. The van der Waals surface area contributed by atoms with Crippen LogP contribution in [0.3, 0.4) is 0 Å². The molecule has 1 aromatic carbocycles. The van der Waals surface area contributed by atoms with E-state index < -0.39 is 24.0 Å².